The van der Waals surface area contributed by atoms with Crippen LogP contribution in [0.2, 0.25) is 0 Å². The highest BCUT2D eigenvalue weighted by molar-refractivity contribution is 5.68. The minimum atomic E-state index is -4.24. The maximum atomic E-state index is 11.4. The summed E-state index contributed by atoms with van der Waals surface area (Å²) < 4.78 is 38.5. The fourth-order valence-corrected chi connectivity index (χ4v) is 0.383. The van der Waals surface area contributed by atoms with Gasteiger partial charge in [0.05, 0.1) is 13.0 Å². The maximum Gasteiger partial charge on any atom is 0.392 e. The predicted molar refractivity (Wildman–Crippen MR) is 31.9 cm³/mol. The van der Waals surface area contributed by atoms with E-state index in [1.165, 1.54) is 6.92 Å². The van der Waals surface area contributed by atoms with Crippen LogP contribution < -0.4 is 0 Å². The van der Waals surface area contributed by atoms with E-state index in [0.717, 1.165) is 0 Å². The standard InChI is InChI=1S/C6H9F3O2/c1-2-5(10)11-4-3-6(7,8)9/h2-4H2,1H3. The van der Waals surface area contributed by atoms with Gasteiger partial charge in [-0.1, -0.05) is 6.92 Å². The van der Waals surface area contributed by atoms with Crippen LogP contribution in [0.3, 0.4) is 0 Å². The monoisotopic (exact) mass is 170 g/mol. The number of alkyl halides is 3. The van der Waals surface area contributed by atoms with Crippen LogP contribution in [0, 0.1) is 0 Å². The molecule has 0 unspecified atom stereocenters. The summed E-state index contributed by atoms with van der Waals surface area (Å²) in [5, 5.41) is 0. The molecular weight excluding hydrogens is 161 g/mol. The highest BCUT2D eigenvalue weighted by Crippen LogP contribution is 2.18. The summed E-state index contributed by atoms with van der Waals surface area (Å²) in [6, 6.07) is 0. The van der Waals surface area contributed by atoms with E-state index < -0.39 is 25.2 Å². The molecule has 0 aromatic rings. The molecule has 5 heteroatoms. The Morgan fingerprint density at radius 3 is 2.36 bits per heavy atom. The zero-order valence-electron chi connectivity index (χ0n) is 6.07. The van der Waals surface area contributed by atoms with Gasteiger partial charge in [-0.2, -0.15) is 13.2 Å². The molecule has 0 atom stereocenters. The van der Waals surface area contributed by atoms with Crippen molar-refractivity contribution >= 4 is 5.97 Å². The number of esters is 1. The Morgan fingerprint density at radius 1 is 1.45 bits per heavy atom. The Labute approximate surface area is 62.3 Å². The molecule has 0 radical (unpaired) electrons. The van der Waals surface area contributed by atoms with Crippen LogP contribution in [-0.4, -0.2) is 18.8 Å². The molecule has 0 fully saturated rings. The summed E-state index contributed by atoms with van der Waals surface area (Å²) >= 11 is 0. The summed E-state index contributed by atoms with van der Waals surface area (Å²) in [6.45, 7) is 0.950. The Kier molecular flexibility index (Phi) is 3.92. The van der Waals surface area contributed by atoms with Crippen LogP contribution in [0.15, 0.2) is 0 Å². The average molecular weight is 170 g/mol. The molecule has 2 nitrogen and oxygen atoms in total. The van der Waals surface area contributed by atoms with Gasteiger partial charge in [-0.25, -0.2) is 0 Å². The highest BCUT2D eigenvalue weighted by Gasteiger charge is 2.27. The van der Waals surface area contributed by atoms with Crippen molar-refractivity contribution < 1.29 is 22.7 Å². The van der Waals surface area contributed by atoms with Gasteiger partial charge in [-0.05, 0) is 0 Å². The lowest BCUT2D eigenvalue weighted by molar-refractivity contribution is -0.158. The lowest BCUT2D eigenvalue weighted by atomic mass is 10.4. The van der Waals surface area contributed by atoms with Crippen molar-refractivity contribution in [3.8, 4) is 0 Å². The van der Waals surface area contributed by atoms with Crippen molar-refractivity contribution in [2.75, 3.05) is 6.61 Å². The molecule has 0 spiro atoms. The Hall–Kier alpha value is -0.740. The second-order valence-electron chi connectivity index (χ2n) is 1.94. The number of carbonyl (C=O) groups is 1. The van der Waals surface area contributed by atoms with Crippen LogP contribution >= 0.6 is 0 Å². The second-order valence-corrected chi connectivity index (χ2v) is 1.94. The first kappa shape index (κ1) is 10.3. The molecule has 0 N–H and O–H groups in total. The van der Waals surface area contributed by atoms with E-state index in [9.17, 15) is 18.0 Å². The normalized spacial score (nSPS) is 11.3. The van der Waals surface area contributed by atoms with Crippen LogP contribution in [-0.2, 0) is 9.53 Å². The SMILES string of the molecule is CCC(=O)OCCC(F)(F)F. The van der Waals surface area contributed by atoms with Crippen molar-refractivity contribution in [2.24, 2.45) is 0 Å². The number of hydrogen-bond donors (Lipinski definition) is 0. The zero-order chi connectivity index (χ0) is 8.91. The molecule has 0 saturated heterocycles. The maximum absolute atomic E-state index is 11.4. The third kappa shape index (κ3) is 7.15. The molecule has 0 aliphatic rings. The predicted octanol–water partition coefficient (Wildman–Crippen LogP) is 1.89. The van der Waals surface area contributed by atoms with E-state index in [1.807, 2.05) is 0 Å². The second kappa shape index (κ2) is 4.20. The van der Waals surface area contributed by atoms with Crippen LogP contribution in [0.1, 0.15) is 19.8 Å². The third-order valence-corrected chi connectivity index (χ3v) is 0.937. The fraction of sp³-hybridized carbons (Fsp3) is 0.833. The van der Waals surface area contributed by atoms with E-state index in [0.29, 0.717) is 0 Å². The van der Waals surface area contributed by atoms with Crippen LogP contribution in [0.25, 0.3) is 0 Å². The molecule has 0 aliphatic carbocycles. The first-order valence-electron chi connectivity index (χ1n) is 3.18. The molecular formula is C6H9F3O2. The van der Waals surface area contributed by atoms with E-state index in [1.54, 1.807) is 0 Å². The summed E-state index contributed by atoms with van der Waals surface area (Å²) in [7, 11) is 0. The van der Waals surface area contributed by atoms with E-state index >= 15 is 0 Å². The van der Waals surface area contributed by atoms with Crippen molar-refractivity contribution in [1.29, 1.82) is 0 Å². The summed E-state index contributed by atoms with van der Waals surface area (Å²) in [5.41, 5.74) is 0. The molecule has 11 heavy (non-hydrogen) atoms. The number of rotatable bonds is 3. The molecule has 0 aromatic carbocycles. The van der Waals surface area contributed by atoms with E-state index in [2.05, 4.69) is 4.74 Å². The molecule has 0 bridgehead atoms. The summed E-state index contributed by atoms with van der Waals surface area (Å²) in [5.74, 6) is -0.603. The Morgan fingerprint density at radius 2 is 2.00 bits per heavy atom. The fourth-order valence-electron chi connectivity index (χ4n) is 0.383. The summed E-state index contributed by atoms with van der Waals surface area (Å²) in [4.78, 5) is 10.3. The first-order chi connectivity index (χ1) is 4.95. The Bertz CT molecular complexity index is 130. The van der Waals surface area contributed by atoms with Crippen molar-refractivity contribution in [3.63, 3.8) is 0 Å². The first-order valence-corrected chi connectivity index (χ1v) is 3.18. The molecule has 0 rings (SSSR count). The van der Waals surface area contributed by atoms with Gasteiger partial charge < -0.3 is 4.74 Å². The summed E-state index contributed by atoms with van der Waals surface area (Å²) in [6.07, 6.45) is -5.20. The highest BCUT2D eigenvalue weighted by atomic mass is 19.4. The Balaban J connectivity index is 3.35. The quantitative estimate of drug-likeness (QED) is 0.604. The van der Waals surface area contributed by atoms with Gasteiger partial charge in [-0.15, -0.1) is 0 Å². The van der Waals surface area contributed by atoms with Crippen molar-refractivity contribution in [1.82, 2.24) is 0 Å². The van der Waals surface area contributed by atoms with Crippen LogP contribution in [0.5, 0.6) is 0 Å². The average Bonchev–Trinajstić information content (AvgIpc) is 1.85. The zero-order valence-corrected chi connectivity index (χ0v) is 6.07. The molecule has 0 saturated carbocycles. The topological polar surface area (TPSA) is 26.3 Å². The molecule has 0 aliphatic heterocycles. The van der Waals surface area contributed by atoms with Gasteiger partial charge in [-0.3, -0.25) is 4.79 Å². The number of ether oxygens (including phenoxy) is 1. The number of halogens is 3. The van der Waals surface area contributed by atoms with Gasteiger partial charge >= 0.3 is 12.1 Å². The van der Waals surface area contributed by atoms with Gasteiger partial charge in [0.2, 0.25) is 0 Å². The lowest BCUT2D eigenvalue weighted by Crippen LogP contribution is -2.13. The van der Waals surface area contributed by atoms with Gasteiger partial charge in [0.25, 0.3) is 0 Å². The molecule has 0 heterocycles. The third-order valence-electron chi connectivity index (χ3n) is 0.937. The van der Waals surface area contributed by atoms with Crippen molar-refractivity contribution in [3.05, 3.63) is 0 Å². The smallest absolute Gasteiger partial charge is 0.392 e. The van der Waals surface area contributed by atoms with E-state index in [4.69, 9.17) is 0 Å². The molecule has 66 valence electrons. The largest absolute Gasteiger partial charge is 0.465 e. The van der Waals surface area contributed by atoms with Crippen LogP contribution in [0.4, 0.5) is 13.2 Å². The minimum absolute atomic E-state index is 0.109. The molecule has 0 amide bonds. The lowest BCUT2D eigenvalue weighted by Gasteiger charge is -2.05. The number of hydrogen-bond acceptors (Lipinski definition) is 2. The van der Waals surface area contributed by atoms with E-state index in [-0.39, 0.29) is 6.42 Å². The number of carbonyl (C=O) groups excluding carboxylic acids is 1. The van der Waals surface area contributed by atoms with Crippen molar-refractivity contribution in [2.45, 2.75) is 25.9 Å². The van der Waals surface area contributed by atoms with Gasteiger partial charge in [0.15, 0.2) is 0 Å². The minimum Gasteiger partial charge on any atom is -0.465 e. The molecule has 0 aromatic heterocycles. The van der Waals surface area contributed by atoms with Gasteiger partial charge in [0.1, 0.15) is 0 Å². The van der Waals surface area contributed by atoms with Gasteiger partial charge in [0, 0.05) is 6.42 Å².